The van der Waals surface area contributed by atoms with Crippen molar-refractivity contribution in [1.29, 1.82) is 0 Å². The molecule has 0 bridgehead atoms. The van der Waals surface area contributed by atoms with Crippen LogP contribution in [0, 0.1) is 11.6 Å². The molecule has 1 saturated heterocycles. The second kappa shape index (κ2) is 9.17. The lowest BCUT2D eigenvalue weighted by Crippen LogP contribution is -2.44. The summed E-state index contributed by atoms with van der Waals surface area (Å²) < 4.78 is 28.3. The Balaban J connectivity index is 1.36. The van der Waals surface area contributed by atoms with E-state index in [1.807, 2.05) is 12.1 Å². The summed E-state index contributed by atoms with van der Waals surface area (Å²) >= 11 is 5.40. The van der Waals surface area contributed by atoms with Gasteiger partial charge in [0.25, 0.3) is 0 Å². The largest absolute Gasteiger partial charge is 0.369 e. The van der Waals surface area contributed by atoms with Crippen LogP contribution in [-0.4, -0.2) is 55.3 Å². The molecule has 9 heteroatoms. The molecule has 2 aliphatic rings. The molecule has 0 saturated carbocycles. The topological polar surface area (TPSA) is 45.8 Å². The van der Waals surface area contributed by atoms with E-state index in [0.717, 1.165) is 31.9 Å². The summed E-state index contributed by atoms with van der Waals surface area (Å²) in [5.74, 6) is -0.615. The standard InChI is InChI=1S/C22H26F2N6S/c1-28-10-12-30(13-11-28)16-8-6-15(7-9-16)25-22(31)26-20-14-19(29(2)27-20)21-17(23)4-3-5-18(21)24/h3-9,14,19,27H,10-13H2,1-2H3,(H2,25,26,31). The first kappa shape index (κ1) is 21.5. The molecule has 2 aliphatic heterocycles. The fourth-order valence-electron chi connectivity index (χ4n) is 3.81. The molecule has 1 fully saturated rings. The first-order chi connectivity index (χ1) is 14.9. The Hall–Kier alpha value is -2.75. The van der Waals surface area contributed by atoms with Crippen molar-refractivity contribution in [1.82, 2.24) is 20.7 Å². The van der Waals surface area contributed by atoms with E-state index >= 15 is 0 Å². The predicted octanol–water partition coefficient (Wildman–Crippen LogP) is 3.04. The van der Waals surface area contributed by atoms with Crippen LogP contribution in [0.3, 0.4) is 0 Å². The van der Waals surface area contributed by atoms with Crippen LogP contribution in [0.25, 0.3) is 0 Å². The second-order valence-corrected chi connectivity index (χ2v) is 8.21. The van der Waals surface area contributed by atoms with E-state index in [4.69, 9.17) is 12.2 Å². The van der Waals surface area contributed by atoms with Crippen LogP contribution < -0.4 is 21.0 Å². The van der Waals surface area contributed by atoms with E-state index in [9.17, 15) is 8.78 Å². The Morgan fingerprint density at radius 3 is 2.26 bits per heavy atom. The molecular formula is C22H26F2N6S. The van der Waals surface area contributed by atoms with E-state index in [-0.39, 0.29) is 5.56 Å². The van der Waals surface area contributed by atoms with Crippen LogP contribution in [-0.2, 0) is 0 Å². The van der Waals surface area contributed by atoms with Crippen LogP contribution >= 0.6 is 12.2 Å². The van der Waals surface area contributed by atoms with Crippen LogP contribution in [0.15, 0.2) is 54.4 Å². The molecule has 2 aromatic rings. The molecule has 0 radical (unpaired) electrons. The number of hydrogen-bond acceptors (Lipinski definition) is 5. The number of hydrazine groups is 1. The van der Waals surface area contributed by atoms with Crippen LogP contribution in [0.4, 0.5) is 20.2 Å². The zero-order chi connectivity index (χ0) is 22.0. The summed E-state index contributed by atoms with van der Waals surface area (Å²) in [6.45, 7) is 4.14. The molecule has 0 aliphatic carbocycles. The molecular weight excluding hydrogens is 418 g/mol. The van der Waals surface area contributed by atoms with Gasteiger partial charge in [-0.25, -0.2) is 13.8 Å². The smallest absolute Gasteiger partial charge is 0.176 e. The summed E-state index contributed by atoms with van der Waals surface area (Å²) in [5, 5.41) is 8.20. The number of thiocarbonyl (C=S) groups is 1. The molecule has 1 atom stereocenters. The number of piperazine rings is 1. The Kier molecular flexibility index (Phi) is 6.35. The third-order valence-corrected chi connectivity index (χ3v) is 5.78. The van der Waals surface area contributed by atoms with Gasteiger partial charge in [0, 0.05) is 50.2 Å². The van der Waals surface area contributed by atoms with E-state index in [1.165, 1.54) is 23.9 Å². The van der Waals surface area contributed by atoms with Gasteiger partial charge in [-0.1, -0.05) is 6.07 Å². The van der Waals surface area contributed by atoms with Crippen LogP contribution in [0.1, 0.15) is 11.6 Å². The van der Waals surface area contributed by atoms with Gasteiger partial charge in [0.1, 0.15) is 17.5 Å². The molecule has 164 valence electrons. The first-order valence-electron chi connectivity index (χ1n) is 10.2. The Morgan fingerprint density at radius 2 is 1.61 bits per heavy atom. The van der Waals surface area contributed by atoms with Crippen molar-refractivity contribution in [3.63, 3.8) is 0 Å². The van der Waals surface area contributed by atoms with Crippen LogP contribution in [0.5, 0.6) is 0 Å². The van der Waals surface area contributed by atoms with E-state index < -0.39 is 17.7 Å². The average Bonchev–Trinajstić information content (AvgIpc) is 3.08. The SMILES string of the molecule is CN1CCN(c2ccc(NC(=S)NC3=CC(c4c(F)cccc4F)N(C)N3)cc2)CC1. The minimum Gasteiger partial charge on any atom is -0.369 e. The highest BCUT2D eigenvalue weighted by atomic mass is 32.1. The third-order valence-electron chi connectivity index (χ3n) is 5.58. The normalized spacial score (nSPS) is 19.7. The van der Waals surface area contributed by atoms with Crippen molar-refractivity contribution in [2.24, 2.45) is 0 Å². The van der Waals surface area contributed by atoms with Crippen molar-refractivity contribution < 1.29 is 8.78 Å². The lowest BCUT2D eigenvalue weighted by molar-refractivity contribution is 0.238. The van der Waals surface area contributed by atoms with E-state index in [1.54, 1.807) is 18.1 Å². The monoisotopic (exact) mass is 444 g/mol. The highest BCUT2D eigenvalue weighted by molar-refractivity contribution is 7.80. The molecule has 1 unspecified atom stereocenters. The minimum absolute atomic E-state index is 0.00678. The Morgan fingerprint density at radius 1 is 0.968 bits per heavy atom. The van der Waals surface area contributed by atoms with Gasteiger partial charge in [0.15, 0.2) is 5.11 Å². The van der Waals surface area contributed by atoms with Gasteiger partial charge in [0.2, 0.25) is 0 Å². The average molecular weight is 445 g/mol. The fraction of sp³-hybridized carbons (Fsp3) is 0.318. The molecule has 31 heavy (non-hydrogen) atoms. The lowest BCUT2D eigenvalue weighted by Gasteiger charge is -2.34. The zero-order valence-electron chi connectivity index (χ0n) is 17.5. The number of benzene rings is 2. The first-order valence-corrected chi connectivity index (χ1v) is 10.6. The maximum absolute atomic E-state index is 14.2. The van der Waals surface area contributed by atoms with Crippen molar-refractivity contribution in [3.8, 4) is 0 Å². The molecule has 3 N–H and O–H groups in total. The van der Waals surface area contributed by atoms with Gasteiger partial charge in [-0.3, -0.25) is 0 Å². The quantitative estimate of drug-likeness (QED) is 0.627. The summed E-state index contributed by atoms with van der Waals surface area (Å²) in [7, 11) is 3.86. The summed E-state index contributed by atoms with van der Waals surface area (Å²) in [6, 6.07) is 11.4. The number of likely N-dealkylation sites (N-methyl/N-ethyl adjacent to an activating group) is 2. The number of halogens is 2. The van der Waals surface area contributed by atoms with Crippen LogP contribution in [0.2, 0.25) is 0 Å². The van der Waals surface area contributed by atoms with Gasteiger partial charge in [-0.15, -0.1) is 0 Å². The molecule has 0 amide bonds. The van der Waals surface area contributed by atoms with Crippen molar-refractivity contribution in [3.05, 3.63) is 71.6 Å². The summed E-state index contributed by atoms with van der Waals surface area (Å²) in [4.78, 5) is 4.69. The highest BCUT2D eigenvalue weighted by Crippen LogP contribution is 2.29. The summed E-state index contributed by atoms with van der Waals surface area (Å²) in [5.41, 5.74) is 5.08. The van der Waals surface area contributed by atoms with E-state index in [0.29, 0.717) is 10.9 Å². The third kappa shape index (κ3) is 4.95. The lowest BCUT2D eigenvalue weighted by atomic mass is 10.1. The molecule has 0 aromatic heterocycles. The maximum atomic E-state index is 14.2. The van der Waals surface area contributed by atoms with Crippen molar-refractivity contribution in [2.75, 3.05) is 50.5 Å². The second-order valence-electron chi connectivity index (χ2n) is 7.80. The number of hydrogen-bond donors (Lipinski definition) is 3. The summed E-state index contributed by atoms with van der Waals surface area (Å²) in [6.07, 6.45) is 1.70. The molecule has 2 heterocycles. The Labute approximate surface area is 186 Å². The number of nitrogens with zero attached hydrogens (tertiary/aromatic N) is 3. The molecule has 0 spiro atoms. The molecule has 4 rings (SSSR count). The van der Waals surface area contributed by atoms with Gasteiger partial charge < -0.3 is 25.9 Å². The minimum atomic E-state index is -0.589. The van der Waals surface area contributed by atoms with Gasteiger partial charge >= 0.3 is 0 Å². The van der Waals surface area contributed by atoms with Gasteiger partial charge in [-0.2, -0.15) is 0 Å². The van der Waals surface area contributed by atoms with Gasteiger partial charge in [-0.05, 0) is 61.7 Å². The number of anilines is 2. The number of nitrogens with one attached hydrogen (secondary N) is 3. The Bertz CT molecular complexity index is 952. The molecule has 2 aromatic carbocycles. The predicted molar refractivity (Wildman–Crippen MR) is 124 cm³/mol. The highest BCUT2D eigenvalue weighted by Gasteiger charge is 2.28. The van der Waals surface area contributed by atoms with Gasteiger partial charge in [0.05, 0.1) is 6.04 Å². The van der Waals surface area contributed by atoms with Crippen molar-refractivity contribution in [2.45, 2.75) is 6.04 Å². The fourth-order valence-corrected chi connectivity index (χ4v) is 4.04. The molecule has 6 nitrogen and oxygen atoms in total. The zero-order valence-corrected chi connectivity index (χ0v) is 18.3. The maximum Gasteiger partial charge on any atom is 0.176 e. The number of rotatable bonds is 4. The van der Waals surface area contributed by atoms with Crippen molar-refractivity contribution >= 4 is 28.7 Å². The van der Waals surface area contributed by atoms with E-state index in [2.05, 4.69) is 45.0 Å².